The summed E-state index contributed by atoms with van der Waals surface area (Å²) in [4.78, 5) is 0. The summed E-state index contributed by atoms with van der Waals surface area (Å²) in [6.45, 7) is 1.51. The Kier molecular flexibility index (Phi) is 4.87. The summed E-state index contributed by atoms with van der Waals surface area (Å²) >= 11 is 0. The van der Waals surface area contributed by atoms with Crippen molar-refractivity contribution in [2.45, 2.75) is 25.8 Å². The average molecular weight is 147 g/mol. The van der Waals surface area contributed by atoms with Crippen LogP contribution in [0.3, 0.4) is 0 Å². The molecule has 0 heterocycles. The lowest BCUT2D eigenvalue weighted by molar-refractivity contribution is 0.142. The molecule has 1 unspecified atom stereocenters. The van der Waals surface area contributed by atoms with Gasteiger partial charge in [0.05, 0.1) is 6.54 Å². The van der Waals surface area contributed by atoms with Crippen LogP contribution in [0.5, 0.6) is 0 Å². The maximum absolute atomic E-state index is 11.5. The molecule has 0 aromatic carbocycles. The van der Waals surface area contributed by atoms with Crippen LogP contribution >= 0.6 is 0 Å². The van der Waals surface area contributed by atoms with Gasteiger partial charge in [0.15, 0.2) is 0 Å². The summed E-state index contributed by atoms with van der Waals surface area (Å²) < 4.78 is 23.0. The van der Waals surface area contributed by atoms with Gasteiger partial charge in [-0.25, -0.2) is 8.78 Å². The van der Waals surface area contributed by atoms with Gasteiger partial charge in [0.25, 0.3) is 6.43 Å². The van der Waals surface area contributed by atoms with Gasteiger partial charge >= 0.3 is 0 Å². The molecule has 0 saturated carbocycles. The number of hydrogen-bond donors (Lipinski definition) is 1. The lowest BCUT2D eigenvalue weighted by atomic mass is 10.2. The highest BCUT2D eigenvalue weighted by Crippen LogP contribution is 1.92. The second-order valence-electron chi connectivity index (χ2n) is 2.11. The highest BCUT2D eigenvalue weighted by atomic mass is 19.3. The minimum atomic E-state index is -2.29. The van der Waals surface area contributed by atoms with Gasteiger partial charge in [0, 0.05) is 12.5 Å². The van der Waals surface area contributed by atoms with Crippen LogP contribution in [0, 0.1) is 12.3 Å². The van der Waals surface area contributed by atoms with Crippen LogP contribution in [-0.2, 0) is 0 Å². The Morgan fingerprint density at radius 1 is 1.60 bits per heavy atom. The number of hydrogen-bond acceptors (Lipinski definition) is 1. The van der Waals surface area contributed by atoms with Gasteiger partial charge in [0.2, 0.25) is 0 Å². The first-order valence-corrected chi connectivity index (χ1v) is 3.11. The highest BCUT2D eigenvalue weighted by molar-refractivity contribution is 4.87. The van der Waals surface area contributed by atoms with Gasteiger partial charge in [-0.15, -0.1) is 12.3 Å². The van der Waals surface area contributed by atoms with Gasteiger partial charge in [-0.2, -0.15) is 0 Å². The van der Waals surface area contributed by atoms with Crippen LogP contribution in [0.4, 0.5) is 8.78 Å². The van der Waals surface area contributed by atoms with Crippen molar-refractivity contribution < 1.29 is 8.78 Å². The summed E-state index contributed by atoms with van der Waals surface area (Å²) in [5.41, 5.74) is 0. The number of nitrogens with one attached hydrogen (secondary N) is 1. The standard InChI is InChI=1S/C7H11F2N/c1-3-4-6(2)10-5-7(8)9/h1,6-7,10H,4-5H2,2H3. The Labute approximate surface area is 59.8 Å². The van der Waals surface area contributed by atoms with Crippen molar-refractivity contribution in [2.24, 2.45) is 0 Å². The second kappa shape index (κ2) is 5.19. The highest BCUT2D eigenvalue weighted by Gasteiger charge is 2.03. The van der Waals surface area contributed by atoms with E-state index < -0.39 is 6.43 Å². The molecule has 0 saturated heterocycles. The summed E-state index contributed by atoms with van der Waals surface area (Å²) in [6, 6.07) is -0.0148. The Morgan fingerprint density at radius 2 is 2.20 bits per heavy atom. The van der Waals surface area contributed by atoms with E-state index in [1.165, 1.54) is 0 Å². The topological polar surface area (TPSA) is 12.0 Å². The molecule has 0 bridgehead atoms. The third-order valence-electron chi connectivity index (χ3n) is 1.04. The molecule has 0 aliphatic carbocycles. The predicted molar refractivity (Wildman–Crippen MR) is 36.9 cm³/mol. The van der Waals surface area contributed by atoms with Crippen molar-refractivity contribution in [2.75, 3.05) is 6.54 Å². The van der Waals surface area contributed by atoms with E-state index in [2.05, 4.69) is 11.2 Å². The molecule has 1 N–H and O–H groups in total. The molecule has 0 aromatic heterocycles. The molecular weight excluding hydrogens is 136 g/mol. The van der Waals surface area contributed by atoms with E-state index in [9.17, 15) is 8.78 Å². The first-order chi connectivity index (χ1) is 4.66. The number of terminal acetylenes is 1. The van der Waals surface area contributed by atoms with Crippen molar-refractivity contribution in [3.05, 3.63) is 0 Å². The van der Waals surface area contributed by atoms with Gasteiger partial charge in [-0.3, -0.25) is 0 Å². The van der Waals surface area contributed by atoms with E-state index in [0.717, 1.165) is 0 Å². The normalized spacial score (nSPS) is 13.1. The van der Waals surface area contributed by atoms with Crippen LogP contribution in [0.2, 0.25) is 0 Å². The number of halogens is 2. The first kappa shape index (κ1) is 9.38. The van der Waals surface area contributed by atoms with Crippen molar-refractivity contribution in [1.82, 2.24) is 5.32 Å². The van der Waals surface area contributed by atoms with Crippen LogP contribution in [0.1, 0.15) is 13.3 Å². The third kappa shape index (κ3) is 5.52. The molecule has 3 heteroatoms. The Hall–Kier alpha value is -0.620. The monoisotopic (exact) mass is 147 g/mol. The summed E-state index contributed by atoms with van der Waals surface area (Å²) in [6.07, 6.45) is 3.16. The number of alkyl halides is 2. The fourth-order valence-electron chi connectivity index (χ4n) is 0.539. The molecule has 0 spiro atoms. The van der Waals surface area contributed by atoms with Crippen molar-refractivity contribution >= 4 is 0 Å². The second-order valence-corrected chi connectivity index (χ2v) is 2.11. The molecule has 0 radical (unpaired) electrons. The summed E-state index contributed by atoms with van der Waals surface area (Å²) in [7, 11) is 0. The third-order valence-corrected chi connectivity index (χ3v) is 1.04. The van der Waals surface area contributed by atoms with Crippen LogP contribution in [0.25, 0.3) is 0 Å². The van der Waals surface area contributed by atoms with Gasteiger partial charge < -0.3 is 5.32 Å². The molecule has 0 aromatic rings. The van der Waals surface area contributed by atoms with E-state index in [4.69, 9.17) is 6.42 Å². The van der Waals surface area contributed by atoms with Crippen LogP contribution in [-0.4, -0.2) is 19.0 Å². The lowest BCUT2D eigenvalue weighted by Crippen LogP contribution is -2.30. The lowest BCUT2D eigenvalue weighted by Gasteiger charge is -2.08. The fourth-order valence-corrected chi connectivity index (χ4v) is 0.539. The molecule has 0 amide bonds. The molecule has 0 aliphatic rings. The average Bonchev–Trinajstić information content (AvgIpc) is 1.85. The molecular formula is C7H11F2N. The summed E-state index contributed by atoms with van der Waals surface area (Å²) in [5, 5.41) is 2.59. The smallest absolute Gasteiger partial charge is 0.250 e. The molecule has 0 rings (SSSR count). The SMILES string of the molecule is C#CCC(C)NCC(F)F. The summed E-state index contributed by atoms with van der Waals surface area (Å²) in [5.74, 6) is 2.38. The zero-order chi connectivity index (χ0) is 7.98. The van der Waals surface area contributed by atoms with E-state index in [0.29, 0.717) is 6.42 Å². The molecule has 1 nitrogen and oxygen atoms in total. The van der Waals surface area contributed by atoms with E-state index in [1.54, 1.807) is 6.92 Å². The first-order valence-electron chi connectivity index (χ1n) is 3.11. The van der Waals surface area contributed by atoms with E-state index in [1.807, 2.05) is 0 Å². The van der Waals surface area contributed by atoms with Gasteiger partial charge in [-0.1, -0.05) is 0 Å². The Balaban J connectivity index is 3.23. The zero-order valence-corrected chi connectivity index (χ0v) is 5.90. The fraction of sp³-hybridized carbons (Fsp3) is 0.714. The van der Waals surface area contributed by atoms with Crippen LogP contribution < -0.4 is 5.32 Å². The van der Waals surface area contributed by atoms with Gasteiger partial charge in [0.1, 0.15) is 0 Å². The number of rotatable bonds is 4. The maximum Gasteiger partial charge on any atom is 0.250 e. The van der Waals surface area contributed by atoms with E-state index in [-0.39, 0.29) is 12.6 Å². The maximum atomic E-state index is 11.5. The minimum absolute atomic E-state index is 0.0148. The van der Waals surface area contributed by atoms with Gasteiger partial charge in [-0.05, 0) is 6.92 Å². The van der Waals surface area contributed by atoms with Crippen molar-refractivity contribution in [1.29, 1.82) is 0 Å². The molecule has 10 heavy (non-hydrogen) atoms. The minimum Gasteiger partial charge on any atom is -0.308 e. The van der Waals surface area contributed by atoms with Crippen LogP contribution in [0.15, 0.2) is 0 Å². The molecule has 0 aliphatic heterocycles. The van der Waals surface area contributed by atoms with Crippen molar-refractivity contribution in [3.8, 4) is 12.3 Å². The van der Waals surface area contributed by atoms with E-state index >= 15 is 0 Å². The molecule has 58 valence electrons. The Bertz CT molecular complexity index is 117. The zero-order valence-electron chi connectivity index (χ0n) is 5.90. The molecule has 1 atom stereocenters. The van der Waals surface area contributed by atoms with Crippen molar-refractivity contribution in [3.63, 3.8) is 0 Å². The Morgan fingerprint density at radius 3 is 2.60 bits per heavy atom. The molecule has 0 fully saturated rings. The largest absolute Gasteiger partial charge is 0.308 e. The quantitative estimate of drug-likeness (QED) is 0.590. The predicted octanol–water partition coefficient (Wildman–Crippen LogP) is 1.25.